The van der Waals surface area contributed by atoms with Crippen molar-refractivity contribution in [2.75, 3.05) is 4.90 Å². The first kappa shape index (κ1) is 11.6. The molecular formula is C10H4BrCl2NO2. The van der Waals surface area contributed by atoms with Gasteiger partial charge in [-0.1, -0.05) is 35.3 Å². The van der Waals surface area contributed by atoms with Gasteiger partial charge in [-0.2, -0.15) is 0 Å². The lowest BCUT2D eigenvalue weighted by atomic mass is 10.3. The van der Waals surface area contributed by atoms with E-state index in [0.717, 1.165) is 4.90 Å². The third-order valence-corrected chi connectivity index (χ3v) is 3.54. The van der Waals surface area contributed by atoms with Crippen molar-refractivity contribution in [3.8, 4) is 0 Å². The van der Waals surface area contributed by atoms with Gasteiger partial charge >= 0.3 is 0 Å². The predicted molar refractivity (Wildman–Crippen MR) is 65.4 cm³/mol. The van der Waals surface area contributed by atoms with E-state index >= 15 is 0 Å². The Morgan fingerprint density at radius 3 is 2.00 bits per heavy atom. The van der Waals surface area contributed by atoms with Gasteiger partial charge in [-0.15, -0.1) is 0 Å². The van der Waals surface area contributed by atoms with Gasteiger partial charge in [0.15, 0.2) is 0 Å². The molecule has 0 saturated carbocycles. The zero-order valence-electron chi connectivity index (χ0n) is 7.71. The fourth-order valence-electron chi connectivity index (χ4n) is 1.33. The third-order valence-electron chi connectivity index (χ3n) is 2.07. The Morgan fingerprint density at radius 1 is 1.00 bits per heavy atom. The summed E-state index contributed by atoms with van der Waals surface area (Å²) in [6.07, 6.45) is 0. The largest absolute Gasteiger partial charge is 0.278 e. The molecule has 0 N–H and O–H groups in total. The van der Waals surface area contributed by atoms with Crippen molar-refractivity contribution >= 4 is 56.6 Å². The molecule has 1 heterocycles. The van der Waals surface area contributed by atoms with E-state index in [1.165, 1.54) is 0 Å². The van der Waals surface area contributed by atoms with E-state index in [4.69, 9.17) is 23.2 Å². The summed E-state index contributed by atoms with van der Waals surface area (Å²) in [5.74, 6) is -1.22. The first-order valence-corrected chi connectivity index (χ1v) is 5.77. The normalized spacial score (nSPS) is 16.3. The number of hydrogen-bond acceptors (Lipinski definition) is 2. The maximum atomic E-state index is 11.7. The second-order valence-corrected chi connectivity index (χ2v) is 4.64. The van der Waals surface area contributed by atoms with E-state index in [1.54, 1.807) is 24.3 Å². The molecule has 0 radical (unpaired) electrons. The van der Waals surface area contributed by atoms with Gasteiger partial charge in [0, 0.05) is 4.47 Å². The molecule has 0 bridgehead atoms. The van der Waals surface area contributed by atoms with Gasteiger partial charge in [0.05, 0.1) is 5.69 Å². The summed E-state index contributed by atoms with van der Waals surface area (Å²) in [5.41, 5.74) is 0.423. The first-order valence-electron chi connectivity index (χ1n) is 4.22. The summed E-state index contributed by atoms with van der Waals surface area (Å²) < 4.78 is 0.618. The molecule has 82 valence electrons. The van der Waals surface area contributed by atoms with Gasteiger partial charge in [-0.3, -0.25) is 9.59 Å². The average molecular weight is 321 g/mol. The molecule has 1 aromatic rings. The molecule has 2 amide bonds. The van der Waals surface area contributed by atoms with Gasteiger partial charge in [0.2, 0.25) is 0 Å². The van der Waals surface area contributed by atoms with Crippen LogP contribution in [-0.4, -0.2) is 11.8 Å². The molecule has 16 heavy (non-hydrogen) atoms. The monoisotopic (exact) mass is 319 g/mol. The number of benzene rings is 1. The lowest BCUT2D eigenvalue weighted by Crippen LogP contribution is -2.31. The summed E-state index contributed by atoms with van der Waals surface area (Å²) in [5, 5.41) is -0.496. The molecule has 1 aliphatic heterocycles. The lowest BCUT2D eigenvalue weighted by molar-refractivity contribution is -0.120. The van der Waals surface area contributed by atoms with Crippen molar-refractivity contribution in [2.24, 2.45) is 0 Å². The number of imide groups is 1. The molecule has 3 nitrogen and oxygen atoms in total. The fraction of sp³-hybridized carbons (Fsp3) is 0. The van der Waals surface area contributed by atoms with Crippen molar-refractivity contribution in [2.45, 2.75) is 0 Å². The Morgan fingerprint density at radius 2 is 1.50 bits per heavy atom. The molecule has 0 spiro atoms. The number of hydrogen-bond donors (Lipinski definition) is 0. The maximum Gasteiger partial charge on any atom is 0.278 e. The maximum absolute atomic E-state index is 11.7. The molecule has 2 rings (SSSR count). The minimum atomic E-state index is -0.608. The Hall–Kier alpha value is -0.840. The van der Waals surface area contributed by atoms with Crippen molar-refractivity contribution < 1.29 is 9.59 Å². The van der Waals surface area contributed by atoms with Crippen LogP contribution < -0.4 is 4.90 Å². The third kappa shape index (κ3) is 1.67. The molecule has 1 aliphatic rings. The summed E-state index contributed by atoms with van der Waals surface area (Å²) >= 11 is 14.5. The van der Waals surface area contributed by atoms with Gasteiger partial charge in [0.1, 0.15) is 10.1 Å². The van der Waals surface area contributed by atoms with Crippen LogP contribution in [0, 0.1) is 0 Å². The molecule has 1 aromatic carbocycles. The molecule has 0 saturated heterocycles. The number of carbonyl (C=O) groups is 2. The van der Waals surface area contributed by atoms with Crippen molar-refractivity contribution in [3.05, 3.63) is 38.8 Å². The number of nitrogens with zero attached hydrogens (tertiary/aromatic N) is 1. The van der Waals surface area contributed by atoms with Crippen LogP contribution >= 0.6 is 39.1 Å². The standard InChI is InChI=1S/C10H4BrCl2NO2/c11-5-3-1-2-4-6(5)14-9(15)7(12)8(13)10(14)16/h1-4H. The van der Waals surface area contributed by atoms with Gasteiger partial charge in [0.25, 0.3) is 11.8 Å². The van der Waals surface area contributed by atoms with Gasteiger partial charge in [-0.05, 0) is 28.1 Å². The highest BCUT2D eigenvalue weighted by molar-refractivity contribution is 9.10. The van der Waals surface area contributed by atoms with Crippen LogP contribution in [0.1, 0.15) is 0 Å². The summed E-state index contributed by atoms with van der Waals surface area (Å²) in [6, 6.07) is 6.82. The molecule has 0 unspecified atom stereocenters. The van der Waals surface area contributed by atoms with E-state index < -0.39 is 11.8 Å². The van der Waals surface area contributed by atoms with E-state index in [0.29, 0.717) is 10.2 Å². The number of para-hydroxylation sites is 1. The number of halogens is 3. The fourth-order valence-corrected chi connectivity index (χ4v) is 2.12. The zero-order chi connectivity index (χ0) is 11.9. The number of rotatable bonds is 1. The lowest BCUT2D eigenvalue weighted by Gasteiger charge is -2.15. The average Bonchev–Trinajstić information content (AvgIpc) is 2.45. The smallest absolute Gasteiger partial charge is 0.267 e. The van der Waals surface area contributed by atoms with Crippen LogP contribution in [-0.2, 0) is 9.59 Å². The van der Waals surface area contributed by atoms with Crippen molar-refractivity contribution in [1.82, 2.24) is 0 Å². The van der Waals surface area contributed by atoms with Crippen LogP contribution in [0.25, 0.3) is 0 Å². The minimum absolute atomic E-state index is 0.248. The van der Waals surface area contributed by atoms with E-state index in [1.807, 2.05) is 0 Å². The Bertz CT molecular complexity index is 503. The van der Waals surface area contributed by atoms with Crippen molar-refractivity contribution in [1.29, 1.82) is 0 Å². The van der Waals surface area contributed by atoms with Crippen LogP contribution in [0.2, 0.25) is 0 Å². The highest BCUT2D eigenvalue weighted by Crippen LogP contribution is 2.34. The summed E-state index contributed by atoms with van der Waals surface area (Å²) in [6.45, 7) is 0. The van der Waals surface area contributed by atoms with E-state index in [2.05, 4.69) is 15.9 Å². The van der Waals surface area contributed by atoms with Crippen LogP contribution in [0.5, 0.6) is 0 Å². The summed E-state index contributed by atoms with van der Waals surface area (Å²) in [7, 11) is 0. The molecule has 0 atom stereocenters. The van der Waals surface area contributed by atoms with Crippen LogP contribution in [0.4, 0.5) is 5.69 Å². The Labute approximate surface area is 110 Å². The second kappa shape index (κ2) is 4.20. The SMILES string of the molecule is O=C1C(Cl)=C(Cl)C(=O)N1c1ccccc1Br. The topological polar surface area (TPSA) is 37.4 Å². The molecule has 6 heteroatoms. The summed E-state index contributed by atoms with van der Waals surface area (Å²) in [4.78, 5) is 24.3. The zero-order valence-corrected chi connectivity index (χ0v) is 10.8. The van der Waals surface area contributed by atoms with E-state index in [9.17, 15) is 9.59 Å². The van der Waals surface area contributed by atoms with Crippen LogP contribution in [0.15, 0.2) is 38.8 Å². The van der Waals surface area contributed by atoms with Gasteiger partial charge in [-0.25, -0.2) is 4.90 Å². The molecule has 0 aliphatic carbocycles. The van der Waals surface area contributed by atoms with Gasteiger partial charge < -0.3 is 0 Å². The number of anilines is 1. The minimum Gasteiger partial charge on any atom is -0.267 e. The number of carbonyl (C=O) groups excluding carboxylic acids is 2. The predicted octanol–water partition coefficient (Wildman–Crippen LogP) is 3.01. The van der Waals surface area contributed by atoms with E-state index in [-0.39, 0.29) is 10.1 Å². The quantitative estimate of drug-likeness (QED) is 0.746. The first-order chi connectivity index (χ1) is 7.54. The highest BCUT2D eigenvalue weighted by atomic mass is 79.9. The molecular weight excluding hydrogens is 317 g/mol. The molecule has 0 fully saturated rings. The molecule has 0 aromatic heterocycles. The Balaban J connectivity index is 2.51. The van der Waals surface area contributed by atoms with Crippen molar-refractivity contribution in [3.63, 3.8) is 0 Å². The number of amides is 2. The Kier molecular flexibility index (Phi) is 3.06. The van der Waals surface area contributed by atoms with Crippen LogP contribution in [0.3, 0.4) is 0 Å². The highest BCUT2D eigenvalue weighted by Gasteiger charge is 2.38. The second-order valence-electron chi connectivity index (χ2n) is 3.03.